The van der Waals surface area contributed by atoms with Gasteiger partial charge in [0.05, 0.1) is 10.5 Å². The summed E-state index contributed by atoms with van der Waals surface area (Å²) >= 11 is 3.25. The molecule has 0 bridgehead atoms. The fourth-order valence-corrected chi connectivity index (χ4v) is 2.85. The first kappa shape index (κ1) is 16.5. The molecule has 0 fully saturated rings. The summed E-state index contributed by atoms with van der Waals surface area (Å²) < 4.78 is 23.1. The molecule has 4 nitrogen and oxygen atoms in total. The Bertz CT molecular complexity index is 587. The van der Waals surface area contributed by atoms with E-state index in [-0.39, 0.29) is 16.4 Å². The van der Waals surface area contributed by atoms with Crippen molar-refractivity contribution in [2.24, 2.45) is 5.92 Å². The van der Waals surface area contributed by atoms with Gasteiger partial charge in [-0.25, -0.2) is 8.42 Å². The van der Waals surface area contributed by atoms with E-state index in [9.17, 15) is 13.2 Å². The maximum atomic E-state index is 12.2. The van der Waals surface area contributed by atoms with Gasteiger partial charge in [0.1, 0.15) is 0 Å². The summed E-state index contributed by atoms with van der Waals surface area (Å²) in [4.78, 5) is 13.7. The van der Waals surface area contributed by atoms with E-state index in [4.69, 9.17) is 10.7 Å². The number of rotatable bonds is 4. The van der Waals surface area contributed by atoms with Crippen molar-refractivity contribution in [3.8, 4) is 0 Å². The molecule has 0 saturated heterocycles. The van der Waals surface area contributed by atoms with Crippen LogP contribution in [-0.4, -0.2) is 32.8 Å². The quantitative estimate of drug-likeness (QED) is 0.767. The summed E-state index contributed by atoms with van der Waals surface area (Å²) in [7, 11) is 3.12. The lowest BCUT2D eigenvalue weighted by Gasteiger charge is -2.20. The molecule has 0 radical (unpaired) electrons. The third-order valence-corrected chi connectivity index (χ3v) is 4.48. The number of hydrogen-bond acceptors (Lipinski definition) is 3. The smallest absolute Gasteiger partial charge is 0.261 e. The Morgan fingerprint density at radius 1 is 1.42 bits per heavy atom. The second-order valence-corrected chi connectivity index (χ2v) is 8.08. The number of hydrogen-bond donors (Lipinski definition) is 0. The molecule has 0 aliphatic heterocycles. The van der Waals surface area contributed by atoms with Crippen molar-refractivity contribution in [1.29, 1.82) is 0 Å². The standard InChI is InChI=1S/C12H15BrClNO3S/c1-8(2)7-15(3)12(16)10-6-9(19(14,17)18)4-5-11(10)13/h4-6,8H,7H2,1-3H3. The number of benzene rings is 1. The second-order valence-electron chi connectivity index (χ2n) is 4.66. The zero-order valence-electron chi connectivity index (χ0n) is 10.9. The molecule has 106 valence electrons. The van der Waals surface area contributed by atoms with Gasteiger partial charge in [0.15, 0.2) is 0 Å². The minimum Gasteiger partial charge on any atom is -0.341 e. The molecule has 0 spiro atoms. The molecular formula is C12H15BrClNO3S. The van der Waals surface area contributed by atoms with Crippen molar-refractivity contribution in [2.75, 3.05) is 13.6 Å². The van der Waals surface area contributed by atoms with Crippen molar-refractivity contribution in [1.82, 2.24) is 4.90 Å². The zero-order chi connectivity index (χ0) is 14.8. The van der Waals surface area contributed by atoms with Crippen LogP contribution in [-0.2, 0) is 9.05 Å². The van der Waals surface area contributed by atoms with Crippen LogP contribution in [0.4, 0.5) is 0 Å². The highest BCUT2D eigenvalue weighted by Crippen LogP contribution is 2.24. The number of carbonyl (C=O) groups is 1. The van der Waals surface area contributed by atoms with Crippen molar-refractivity contribution in [3.05, 3.63) is 28.2 Å². The largest absolute Gasteiger partial charge is 0.341 e. The van der Waals surface area contributed by atoms with Crippen LogP contribution in [0.2, 0.25) is 0 Å². The van der Waals surface area contributed by atoms with E-state index < -0.39 is 9.05 Å². The van der Waals surface area contributed by atoms with Crippen molar-refractivity contribution >= 4 is 41.6 Å². The van der Waals surface area contributed by atoms with Crippen LogP contribution in [0.25, 0.3) is 0 Å². The fraction of sp³-hybridized carbons (Fsp3) is 0.417. The third kappa shape index (κ3) is 4.47. The van der Waals surface area contributed by atoms with Gasteiger partial charge in [-0.15, -0.1) is 0 Å². The molecule has 0 aliphatic carbocycles. The number of halogens is 2. The first-order valence-corrected chi connectivity index (χ1v) is 8.73. The highest BCUT2D eigenvalue weighted by Gasteiger charge is 2.19. The van der Waals surface area contributed by atoms with Crippen LogP contribution in [0, 0.1) is 5.92 Å². The van der Waals surface area contributed by atoms with Gasteiger partial charge in [-0.1, -0.05) is 13.8 Å². The minimum atomic E-state index is -3.84. The van der Waals surface area contributed by atoms with Crippen LogP contribution < -0.4 is 0 Å². The minimum absolute atomic E-state index is 0.0846. The van der Waals surface area contributed by atoms with Crippen LogP contribution >= 0.6 is 26.6 Å². The average Bonchev–Trinajstić information content (AvgIpc) is 2.26. The second kappa shape index (κ2) is 6.24. The van der Waals surface area contributed by atoms with Crippen LogP contribution in [0.5, 0.6) is 0 Å². The zero-order valence-corrected chi connectivity index (χ0v) is 14.0. The topological polar surface area (TPSA) is 54.5 Å². The SMILES string of the molecule is CC(C)CN(C)C(=O)c1cc(S(=O)(=O)Cl)ccc1Br. The summed E-state index contributed by atoms with van der Waals surface area (Å²) in [5.41, 5.74) is 0.282. The summed E-state index contributed by atoms with van der Waals surface area (Å²) in [6.07, 6.45) is 0. The van der Waals surface area contributed by atoms with Crippen molar-refractivity contribution < 1.29 is 13.2 Å². The molecule has 7 heteroatoms. The Morgan fingerprint density at radius 3 is 2.47 bits per heavy atom. The summed E-state index contributed by atoms with van der Waals surface area (Å²) in [5.74, 6) is 0.0791. The Kier molecular flexibility index (Phi) is 5.41. The monoisotopic (exact) mass is 367 g/mol. The molecule has 0 heterocycles. The normalized spacial score (nSPS) is 11.7. The van der Waals surface area contributed by atoms with Gasteiger partial charge >= 0.3 is 0 Å². The maximum Gasteiger partial charge on any atom is 0.261 e. The lowest BCUT2D eigenvalue weighted by molar-refractivity contribution is 0.0778. The summed E-state index contributed by atoms with van der Waals surface area (Å²) in [6, 6.07) is 4.14. The van der Waals surface area contributed by atoms with E-state index >= 15 is 0 Å². The van der Waals surface area contributed by atoms with Crippen LogP contribution in [0.1, 0.15) is 24.2 Å². The Hall–Kier alpha value is -0.590. The van der Waals surface area contributed by atoms with Gasteiger partial charge < -0.3 is 4.90 Å². The van der Waals surface area contributed by atoms with Gasteiger partial charge in [-0.2, -0.15) is 0 Å². The lowest BCUT2D eigenvalue weighted by Crippen LogP contribution is -2.30. The molecule has 0 saturated carbocycles. The molecule has 1 aromatic rings. The summed E-state index contributed by atoms with van der Waals surface area (Å²) in [6.45, 7) is 4.58. The van der Waals surface area contributed by atoms with Gasteiger partial charge in [0, 0.05) is 28.7 Å². The van der Waals surface area contributed by atoms with Crippen molar-refractivity contribution in [3.63, 3.8) is 0 Å². The van der Waals surface area contributed by atoms with E-state index in [0.29, 0.717) is 16.9 Å². The van der Waals surface area contributed by atoms with E-state index in [1.807, 2.05) is 13.8 Å². The molecular weight excluding hydrogens is 354 g/mol. The molecule has 0 aromatic heterocycles. The Morgan fingerprint density at radius 2 is 2.00 bits per heavy atom. The predicted octanol–water partition coefficient (Wildman–Crippen LogP) is 3.10. The molecule has 0 N–H and O–H groups in total. The van der Waals surface area contributed by atoms with Gasteiger partial charge in [0.25, 0.3) is 15.0 Å². The fourth-order valence-electron chi connectivity index (χ4n) is 1.66. The molecule has 1 aromatic carbocycles. The molecule has 0 aliphatic rings. The van der Waals surface area contributed by atoms with Crippen LogP contribution in [0.15, 0.2) is 27.6 Å². The molecule has 19 heavy (non-hydrogen) atoms. The van der Waals surface area contributed by atoms with Crippen LogP contribution in [0.3, 0.4) is 0 Å². The molecule has 1 amide bonds. The number of amides is 1. The Labute approximate surface area is 126 Å². The van der Waals surface area contributed by atoms with E-state index in [1.54, 1.807) is 11.9 Å². The highest BCUT2D eigenvalue weighted by atomic mass is 79.9. The highest BCUT2D eigenvalue weighted by molar-refractivity contribution is 9.10. The molecule has 0 atom stereocenters. The third-order valence-electron chi connectivity index (χ3n) is 2.44. The first-order valence-electron chi connectivity index (χ1n) is 5.62. The van der Waals surface area contributed by atoms with E-state index in [2.05, 4.69) is 15.9 Å². The molecule has 1 rings (SSSR count). The van der Waals surface area contributed by atoms with Gasteiger partial charge in [0.2, 0.25) is 0 Å². The Balaban J connectivity index is 3.16. The molecule has 0 unspecified atom stereocenters. The lowest BCUT2D eigenvalue weighted by atomic mass is 10.1. The van der Waals surface area contributed by atoms with Gasteiger partial charge in [-0.3, -0.25) is 4.79 Å². The first-order chi connectivity index (χ1) is 8.62. The summed E-state index contributed by atoms with van der Waals surface area (Å²) in [5, 5.41) is 0. The maximum absolute atomic E-state index is 12.2. The average molecular weight is 369 g/mol. The van der Waals surface area contributed by atoms with Gasteiger partial charge in [-0.05, 0) is 40.0 Å². The number of carbonyl (C=O) groups excluding carboxylic acids is 1. The number of nitrogens with zero attached hydrogens (tertiary/aromatic N) is 1. The van der Waals surface area contributed by atoms with E-state index in [1.165, 1.54) is 18.2 Å². The van der Waals surface area contributed by atoms with E-state index in [0.717, 1.165) is 0 Å². The van der Waals surface area contributed by atoms with Crippen molar-refractivity contribution in [2.45, 2.75) is 18.7 Å². The predicted molar refractivity (Wildman–Crippen MR) is 79.0 cm³/mol.